The highest BCUT2D eigenvalue weighted by molar-refractivity contribution is 5.36. The minimum atomic E-state index is -0.289. The lowest BCUT2D eigenvalue weighted by Crippen LogP contribution is -2.46. The van der Waals surface area contributed by atoms with Gasteiger partial charge in [-0.2, -0.15) is 0 Å². The van der Waals surface area contributed by atoms with E-state index in [9.17, 15) is 9.90 Å². The topological polar surface area (TPSA) is 61.8 Å². The average molecular weight is 216 g/mol. The molecular formula is C10H20N2O3. The highest BCUT2D eigenvalue weighted by Gasteiger charge is 2.27. The van der Waals surface area contributed by atoms with Crippen LogP contribution in [0.5, 0.6) is 0 Å². The first-order valence-corrected chi connectivity index (χ1v) is 5.36. The number of nitrogens with zero attached hydrogens (tertiary/aromatic N) is 1. The van der Waals surface area contributed by atoms with E-state index in [2.05, 4.69) is 5.32 Å². The summed E-state index contributed by atoms with van der Waals surface area (Å²) >= 11 is 0. The molecule has 5 nitrogen and oxygen atoms in total. The van der Waals surface area contributed by atoms with Crippen LogP contribution in [0.4, 0.5) is 0 Å². The van der Waals surface area contributed by atoms with Crippen molar-refractivity contribution >= 4 is 6.47 Å². The summed E-state index contributed by atoms with van der Waals surface area (Å²) in [7, 11) is 0. The van der Waals surface area contributed by atoms with Gasteiger partial charge >= 0.3 is 0 Å². The summed E-state index contributed by atoms with van der Waals surface area (Å²) in [6.45, 7) is 6.37. The highest BCUT2D eigenvalue weighted by atomic mass is 16.5. The number of rotatable bonds is 6. The van der Waals surface area contributed by atoms with Crippen LogP contribution >= 0.6 is 0 Å². The molecule has 0 aromatic heterocycles. The molecule has 0 bridgehead atoms. The molecule has 0 aliphatic carbocycles. The van der Waals surface area contributed by atoms with Gasteiger partial charge in [0.15, 0.2) is 0 Å². The maximum absolute atomic E-state index is 10.1. The zero-order valence-electron chi connectivity index (χ0n) is 9.35. The van der Waals surface area contributed by atoms with Gasteiger partial charge in [0, 0.05) is 18.6 Å². The Morgan fingerprint density at radius 2 is 2.40 bits per heavy atom. The van der Waals surface area contributed by atoms with E-state index in [-0.39, 0.29) is 18.9 Å². The molecule has 1 rings (SSSR count). The number of carbonyl (C=O) groups is 1. The number of nitrogens with one attached hydrogen (secondary N) is 1. The Labute approximate surface area is 90.4 Å². The van der Waals surface area contributed by atoms with E-state index < -0.39 is 0 Å². The highest BCUT2D eigenvalue weighted by Crippen LogP contribution is 2.10. The van der Waals surface area contributed by atoms with Gasteiger partial charge in [-0.3, -0.25) is 9.69 Å². The maximum atomic E-state index is 10.1. The molecule has 0 amide bonds. The lowest BCUT2D eigenvalue weighted by molar-refractivity contribution is -0.134. The monoisotopic (exact) mass is 216 g/mol. The number of hydrogen-bond acceptors (Lipinski definition) is 5. The number of hydrogen-bond donors (Lipinski definition) is 2. The average Bonchev–Trinajstić information content (AvgIpc) is 2.58. The molecule has 2 unspecified atom stereocenters. The van der Waals surface area contributed by atoms with Crippen molar-refractivity contribution in [2.24, 2.45) is 0 Å². The zero-order chi connectivity index (χ0) is 11.3. The van der Waals surface area contributed by atoms with Crippen LogP contribution in [0.3, 0.4) is 0 Å². The lowest BCUT2D eigenvalue weighted by Gasteiger charge is -2.29. The van der Waals surface area contributed by atoms with Crippen LogP contribution < -0.4 is 5.32 Å². The summed E-state index contributed by atoms with van der Waals surface area (Å²) < 4.78 is 4.74. The summed E-state index contributed by atoms with van der Waals surface area (Å²) in [5.74, 6) is 0. The Bertz CT molecular complexity index is 199. The van der Waals surface area contributed by atoms with E-state index in [0.717, 1.165) is 13.0 Å². The Morgan fingerprint density at radius 1 is 1.67 bits per heavy atom. The molecule has 0 spiro atoms. The Balaban J connectivity index is 2.39. The molecular weight excluding hydrogens is 196 g/mol. The molecule has 0 aromatic carbocycles. The van der Waals surface area contributed by atoms with E-state index in [1.807, 2.05) is 18.7 Å². The van der Waals surface area contributed by atoms with Crippen LogP contribution in [0.25, 0.3) is 0 Å². The van der Waals surface area contributed by atoms with E-state index in [4.69, 9.17) is 4.74 Å². The SMILES string of the molecule is CC(C)N(COC=O)CC1NCCC1O. The smallest absolute Gasteiger partial charge is 0.294 e. The van der Waals surface area contributed by atoms with Crippen LogP contribution in [0.15, 0.2) is 0 Å². The van der Waals surface area contributed by atoms with Crippen LogP contribution in [-0.2, 0) is 9.53 Å². The molecule has 0 saturated carbocycles. The van der Waals surface area contributed by atoms with E-state index in [0.29, 0.717) is 19.1 Å². The molecule has 5 heteroatoms. The van der Waals surface area contributed by atoms with Gasteiger partial charge in [-0.1, -0.05) is 0 Å². The van der Waals surface area contributed by atoms with Gasteiger partial charge in [0.05, 0.1) is 6.10 Å². The van der Waals surface area contributed by atoms with E-state index in [1.54, 1.807) is 0 Å². The van der Waals surface area contributed by atoms with Crippen molar-refractivity contribution in [2.45, 2.75) is 38.5 Å². The molecule has 88 valence electrons. The molecule has 1 aliphatic rings. The molecule has 2 N–H and O–H groups in total. The summed E-state index contributed by atoms with van der Waals surface area (Å²) in [5, 5.41) is 12.9. The second-order valence-corrected chi connectivity index (χ2v) is 4.17. The Hall–Kier alpha value is -0.650. The third-order valence-corrected chi connectivity index (χ3v) is 2.78. The van der Waals surface area contributed by atoms with Crippen molar-refractivity contribution in [1.82, 2.24) is 10.2 Å². The standard InChI is InChI=1S/C10H20N2O3/c1-8(2)12(6-15-7-13)5-9-10(14)3-4-11-9/h7-11,14H,3-6H2,1-2H3. The Morgan fingerprint density at radius 3 is 2.87 bits per heavy atom. The number of ether oxygens (including phenoxy) is 1. The van der Waals surface area contributed by atoms with Gasteiger partial charge in [0.2, 0.25) is 0 Å². The quantitative estimate of drug-likeness (QED) is 0.465. The van der Waals surface area contributed by atoms with Crippen molar-refractivity contribution in [2.75, 3.05) is 19.8 Å². The van der Waals surface area contributed by atoms with Crippen molar-refractivity contribution in [3.8, 4) is 0 Å². The lowest BCUT2D eigenvalue weighted by atomic mass is 10.1. The van der Waals surface area contributed by atoms with Crippen molar-refractivity contribution in [1.29, 1.82) is 0 Å². The van der Waals surface area contributed by atoms with E-state index >= 15 is 0 Å². The maximum Gasteiger partial charge on any atom is 0.294 e. The molecule has 0 aromatic rings. The summed E-state index contributed by atoms with van der Waals surface area (Å²) in [6, 6.07) is 0.377. The van der Waals surface area contributed by atoms with Crippen molar-refractivity contribution in [3.63, 3.8) is 0 Å². The van der Waals surface area contributed by atoms with Gasteiger partial charge in [0.1, 0.15) is 6.73 Å². The van der Waals surface area contributed by atoms with Gasteiger partial charge in [-0.25, -0.2) is 0 Å². The van der Waals surface area contributed by atoms with Gasteiger partial charge in [-0.05, 0) is 26.8 Å². The minimum absolute atomic E-state index is 0.0858. The normalized spacial score (nSPS) is 26.2. The molecule has 2 atom stereocenters. The molecule has 0 radical (unpaired) electrons. The van der Waals surface area contributed by atoms with Crippen LogP contribution in [0, 0.1) is 0 Å². The predicted octanol–water partition coefficient (Wildman–Crippen LogP) is -0.450. The van der Waals surface area contributed by atoms with Crippen molar-refractivity contribution in [3.05, 3.63) is 0 Å². The van der Waals surface area contributed by atoms with Crippen LogP contribution in [0.1, 0.15) is 20.3 Å². The molecule has 1 heterocycles. The van der Waals surface area contributed by atoms with Crippen LogP contribution in [0.2, 0.25) is 0 Å². The fraction of sp³-hybridized carbons (Fsp3) is 0.900. The summed E-state index contributed by atoms with van der Waals surface area (Å²) in [6.07, 6.45) is 0.507. The summed E-state index contributed by atoms with van der Waals surface area (Å²) in [5.41, 5.74) is 0. The number of aliphatic hydroxyl groups excluding tert-OH is 1. The first kappa shape index (κ1) is 12.4. The number of aliphatic hydroxyl groups is 1. The fourth-order valence-electron chi connectivity index (χ4n) is 1.73. The molecule has 1 saturated heterocycles. The van der Waals surface area contributed by atoms with Crippen molar-refractivity contribution < 1.29 is 14.6 Å². The molecule has 15 heavy (non-hydrogen) atoms. The third-order valence-electron chi connectivity index (χ3n) is 2.78. The van der Waals surface area contributed by atoms with Gasteiger partial charge in [0.25, 0.3) is 6.47 Å². The minimum Gasteiger partial charge on any atom is -0.452 e. The zero-order valence-corrected chi connectivity index (χ0v) is 9.35. The van der Waals surface area contributed by atoms with Crippen LogP contribution in [-0.4, -0.2) is 54.5 Å². The second kappa shape index (κ2) is 6.05. The largest absolute Gasteiger partial charge is 0.452 e. The van der Waals surface area contributed by atoms with E-state index in [1.165, 1.54) is 0 Å². The first-order chi connectivity index (χ1) is 7.15. The fourth-order valence-corrected chi connectivity index (χ4v) is 1.73. The number of carbonyl (C=O) groups excluding carboxylic acids is 1. The van der Waals surface area contributed by atoms with Gasteiger partial charge in [-0.15, -0.1) is 0 Å². The third kappa shape index (κ3) is 3.77. The predicted molar refractivity (Wildman–Crippen MR) is 56.3 cm³/mol. The summed E-state index contributed by atoms with van der Waals surface area (Å²) in [4.78, 5) is 12.1. The second-order valence-electron chi connectivity index (χ2n) is 4.17. The van der Waals surface area contributed by atoms with Gasteiger partial charge < -0.3 is 15.2 Å². The molecule has 1 fully saturated rings. The Kier molecular flexibility index (Phi) is 5.01. The first-order valence-electron chi connectivity index (χ1n) is 5.36. The molecule has 1 aliphatic heterocycles.